The summed E-state index contributed by atoms with van der Waals surface area (Å²) in [5, 5.41) is 0. The third-order valence-corrected chi connectivity index (χ3v) is 4.33. The Labute approximate surface area is 116 Å². The Kier molecular flexibility index (Phi) is 4.41. The summed E-state index contributed by atoms with van der Waals surface area (Å²) in [6.45, 7) is 7.72. The lowest BCUT2D eigenvalue weighted by Crippen LogP contribution is -2.53. The van der Waals surface area contributed by atoms with Crippen molar-refractivity contribution in [2.45, 2.75) is 58.0 Å². The summed E-state index contributed by atoms with van der Waals surface area (Å²) in [7, 11) is 0. The van der Waals surface area contributed by atoms with Gasteiger partial charge in [0.05, 0.1) is 0 Å². The van der Waals surface area contributed by atoms with E-state index in [9.17, 15) is 4.79 Å². The maximum absolute atomic E-state index is 11.5. The molecule has 0 aromatic heterocycles. The number of ketones is 1. The van der Waals surface area contributed by atoms with Crippen LogP contribution in [-0.2, 0) is 11.2 Å². The third-order valence-electron chi connectivity index (χ3n) is 4.33. The third kappa shape index (κ3) is 3.66. The van der Waals surface area contributed by atoms with E-state index < -0.39 is 0 Å². The topological polar surface area (TPSA) is 20.3 Å². The molecule has 0 amide bonds. The van der Waals surface area contributed by atoms with E-state index in [-0.39, 0.29) is 5.54 Å². The zero-order valence-corrected chi connectivity index (χ0v) is 12.4. The summed E-state index contributed by atoms with van der Waals surface area (Å²) in [5.41, 5.74) is 1.56. The van der Waals surface area contributed by atoms with Crippen molar-refractivity contribution >= 4 is 5.78 Å². The van der Waals surface area contributed by atoms with Gasteiger partial charge in [-0.15, -0.1) is 0 Å². The molecule has 0 spiro atoms. The van der Waals surface area contributed by atoms with Crippen molar-refractivity contribution in [2.24, 2.45) is 0 Å². The van der Waals surface area contributed by atoms with E-state index >= 15 is 0 Å². The molecule has 1 atom stereocenters. The number of Topliss-reactive ketones (excluding diaryl/α,β-unsaturated/α-hetero) is 1. The molecule has 1 saturated heterocycles. The van der Waals surface area contributed by atoms with Gasteiger partial charge >= 0.3 is 0 Å². The van der Waals surface area contributed by atoms with Crippen molar-refractivity contribution in [1.29, 1.82) is 0 Å². The molecule has 1 aliphatic rings. The van der Waals surface area contributed by atoms with E-state index in [1.54, 1.807) is 0 Å². The molecule has 0 radical (unpaired) electrons. The Morgan fingerprint density at radius 1 is 1.26 bits per heavy atom. The molecule has 0 N–H and O–H groups in total. The van der Waals surface area contributed by atoms with Gasteiger partial charge in [0.15, 0.2) is 0 Å². The first-order chi connectivity index (χ1) is 8.99. The highest BCUT2D eigenvalue weighted by Gasteiger charge is 2.34. The van der Waals surface area contributed by atoms with E-state index in [0.717, 1.165) is 32.2 Å². The average molecular weight is 259 g/mol. The summed E-state index contributed by atoms with van der Waals surface area (Å²) in [4.78, 5) is 14.0. The van der Waals surface area contributed by atoms with Crippen LogP contribution < -0.4 is 0 Å². The van der Waals surface area contributed by atoms with E-state index in [0.29, 0.717) is 11.8 Å². The molecule has 1 aliphatic heterocycles. The lowest BCUT2D eigenvalue weighted by molar-refractivity contribution is -0.124. The molecule has 0 saturated carbocycles. The van der Waals surface area contributed by atoms with Crippen LogP contribution in [0.4, 0.5) is 0 Å². The monoisotopic (exact) mass is 259 g/mol. The summed E-state index contributed by atoms with van der Waals surface area (Å²) >= 11 is 0. The van der Waals surface area contributed by atoms with E-state index in [4.69, 9.17) is 0 Å². The molecular weight excluding hydrogens is 234 g/mol. The van der Waals surface area contributed by atoms with Crippen LogP contribution >= 0.6 is 0 Å². The number of hydrogen-bond acceptors (Lipinski definition) is 2. The van der Waals surface area contributed by atoms with Crippen molar-refractivity contribution in [3.8, 4) is 0 Å². The summed E-state index contributed by atoms with van der Waals surface area (Å²) < 4.78 is 0. The Balaban J connectivity index is 1.96. The van der Waals surface area contributed by atoms with E-state index in [2.05, 4.69) is 56.0 Å². The molecule has 19 heavy (non-hydrogen) atoms. The van der Waals surface area contributed by atoms with Crippen LogP contribution in [-0.4, -0.2) is 28.8 Å². The molecule has 1 unspecified atom stereocenters. The zero-order chi connectivity index (χ0) is 13.9. The van der Waals surface area contributed by atoms with Gasteiger partial charge in [-0.2, -0.15) is 0 Å². The molecule has 2 nitrogen and oxygen atoms in total. The number of carbonyl (C=O) groups excluding carboxylic acids is 1. The molecule has 104 valence electrons. The fourth-order valence-electron chi connectivity index (χ4n) is 3.15. The average Bonchev–Trinajstić information content (AvgIpc) is 2.37. The minimum absolute atomic E-state index is 0.163. The largest absolute Gasteiger partial charge is 0.300 e. The number of carbonyl (C=O) groups is 1. The number of rotatable bonds is 4. The smallest absolute Gasteiger partial charge is 0.135 e. The normalized spacial score (nSPS) is 21.6. The molecule has 2 heteroatoms. The number of hydrogen-bond donors (Lipinski definition) is 0. The van der Waals surface area contributed by atoms with Gasteiger partial charge in [-0.1, -0.05) is 30.3 Å². The highest BCUT2D eigenvalue weighted by Crippen LogP contribution is 2.28. The lowest BCUT2D eigenvalue weighted by Gasteiger charge is -2.45. The molecule has 1 aromatic rings. The van der Waals surface area contributed by atoms with Crippen LogP contribution in [0, 0.1) is 0 Å². The number of nitrogens with zero attached hydrogens (tertiary/aromatic N) is 1. The van der Waals surface area contributed by atoms with E-state index in [1.807, 2.05) is 0 Å². The molecule has 1 fully saturated rings. The van der Waals surface area contributed by atoms with E-state index in [1.165, 1.54) is 5.56 Å². The Bertz CT molecular complexity index is 424. The molecular formula is C17H25NO. The van der Waals surface area contributed by atoms with Crippen molar-refractivity contribution < 1.29 is 4.79 Å². The highest BCUT2D eigenvalue weighted by atomic mass is 16.1. The zero-order valence-electron chi connectivity index (χ0n) is 12.4. The lowest BCUT2D eigenvalue weighted by atomic mass is 9.88. The Hall–Kier alpha value is -1.15. The van der Waals surface area contributed by atoms with Gasteiger partial charge in [0.25, 0.3) is 0 Å². The summed E-state index contributed by atoms with van der Waals surface area (Å²) in [5.74, 6) is 0.419. The number of aryl methyl sites for hydroxylation is 1. The highest BCUT2D eigenvalue weighted by molar-refractivity contribution is 5.79. The van der Waals surface area contributed by atoms with Gasteiger partial charge in [0.2, 0.25) is 0 Å². The molecule has 1 heterocycles. The minimum Gasteiger partial charge on any atom is -0.300 e. The van der Waals surface area contributed by atoms with Crippen molar-refractivity contribution in [2.75, 3.05) is 6.54 Å². The van der Waals surface area contributed by atoms with Crippen LogP contribution in [0.3, 0.4) is 0 Å². The standard InChI is InChI=1S/C17H25NO/c1-14-13-16(19)10-12-18(14)17(2,3)11-9-15-7-5-4-6-8-15/h4-8,14H,9-13H2,1-3H3. The maximum Gasteiger partial charge on any atom is 0.135 e. The fraction of sp³-hybridized carbons (Fsp3) is 0.588. The van der Waals surface area contributed by atoms with Gasteiger partial charge in [0.1, 0.15) is 5.78 Å². The first-order valence-corrected chi connectivity index (χ1v) is 7.31. The van der Waals surface area contributed by atoms with Crippen LogP contribution in [0.15, 0.2) is 30.3 Å². The Morgan fingerprint density at radius 2 is 1.95 bits per heavy atom. The van der Waals surface area contributed by atoms with Crippen LogP contribution in [0.5, 0.6) is 0 Å². The van der Waals surface area contributed by atoms with Crippen molar-refractivity contribution in [3.63, 3.8) is 0 Å². The van der Waals surface area contributed by atoms with Crippen LogP contribution in [0.1, 0.15) is 45.6 Å². The van der Waals surface area contributed by atoms with Gasteiger partial charge in [-0.3, -0.25) is 9.69 Å². The van der Waals surface area contributed by atoms with Crippen molar-refractivity contribution in [3.05, 3.63) is 35.9 Å². The predicted octanol–water partition coefficient (Wildman–Crippen LogP) is 3.45. The maximum atomic E-state index is 11.5. The van der Waals surface area contributed by atoms with Gasteiger partial charge in [-0.25, -0.2) is 0 Å². The molecule has 1 aromatic carbocycles. The van der Waals surface area contributed by atoms with Crippen LogP contribution in [0.25, 0.3) is 0 Å². The SMILES string of the molecule is CC1CC(=O)CCN1C(C)(C)CCc1ccccc1. The minimum atomic E-state index is 0.163. The Morgan fingerprint density at radius 3 is 2.58 bits per heavy atom. The molecule has 2 rings (SSSR count). The predicted molar refractivity (Wildman–Crippen MR) is 79.3 cm³/mol. The van der Waals surface area contributed by atoms with Crippen molar-refractivity contribution in [1.82, 2.24) is 4.90 Å². The second-order valence-corrected chi connectivity index (χ2v) is 6.33. The van der Waals surface area contributed by atoms with Gasteiger partial charge < -0.3 is 0 Å². The quantitative estimate of drug-likeness (QED) is 0.825. The number of benzene rings is 1. The van der Waals surface area contributed by atoms with Gasteiger partial charge in [0, 0.05) is 31.0 Å². The molecule has 0 aliphatic carbocycles. The van der Waals surface area contributed by atoms with Gasteiger partial charge in [-0.05, 0) is 39.2 Å². The summed E-state index contributed by atoms with van der Waals surface area (Å²) in [6.07, 6.45) is 3.68. The first-order valence-electron chi connectivity index (χ1n) is 7.31. The number of piperidine rings is 1. The fourth-order valence-corrected chi connectivity index (χ4v) is 3.15. The first kappa shape index (κ1) is 14.3. The molecule has 0 bridgehead atoms. The number of likely N-dealkylation sites (tertiary alicyclic amines) is 1. The second kappa shape index (κ2) is 5.87. The van der Waals surface area contributed by atoms with Crippen LogP contribution in [0.2, 0.25) is 0 Å². The second-order valence-electron chi connectivity index (χ2n) is 6.33. The summed E-state index contributed by atoms with van der Waals surface area (Å²) in [6, 6.07) is 11.0.